The van der Waals surface area contributed by atoms with Crippen LogP contribution in [-0.4, -0.2) is 29.3 Å². The lowest BCUT2D eigenvalue weighted by molar-refractivity contribution is 0.279. The van der Waals surface area contributed by atoms with E-state index >= 15 is 0 Å². The lowest BCUT2D eigenvalue weighted by Gasteiger charge is -2.07. The summed E-state index contributed by atoms with van der Waals surface area (Å²) >= 11 is 4.04. The second-order valence-electron chi connectivity index (χ2n) is 1.41. The Morgan fingerprint density at radius 3 is 2.00 bits per heavy atom. The third-order valence-electron chi connectivity index (χ3n) is 0.891. The summed E-state index contributed by atoms with van der Waals surface area (Å²) in [7, 11) is 2.10. The molecule has 0 aromatic rings. The van der Waals surface area contributed by atoms with Crippen molar-refractivity contribution in [2.45, 2.75) is 6.04 Å². The fraction of sp³-hybridized carbons (Fsp3) is 1.00. The first kappa shape index (κ1) is 8.49. The van der Waals surface area contributed by atoms with Crippen molar-refractivity contribution in [1.82, 2.24) is 0 Å². The van der Waals surface area contributed by atoms with Crippen LogP contribution in [0.1, 0.15) is 0 Å². The third-order valence-corrected chi connectivity index (χ3v) is 3.45. The molecule has 0 aliphatic carbocycles. The minimum atomic E-state index is -1.27. The molecule has 0 aliphatic rings. The smallest absolute Gasteiger partial charge is 0.321 e. The average molecular weight is 152 g/mol. The van der Waals surface area contributed by atoms with Crippen molar-refractivity contribution in [3.63, 3.8) is 0 Å². The molecule has 0 aromatic heterocycles. The van der Waals surface area contributed by atoms with Gasteiger partial charge in [0.2, 0.25) is 0 Å². The molecular formula is C4H12O2SSi. The second kappa shape index (κ2) is 5.62. The van der Waals surface area contributed by atoms with Crippen molar-refractivity contribution in [3.05, 3.63) is 0 Å². The van der Waals surface area contributed by atoms with Gasteiger partial charge in [0.05, 0.1) is 0 Å². The highest BCUT2D eigenvalue weighted by atomic mass is 32.1. The molecule has 0 unspecified atom stereocenters. The summed E-state index contributed by atoms with van der Waals surface area (Å²) in [5, 5.41) is 0. The molecule has 2 nitrogen and oxygen atoms in total. The Hall–Kier alpha value is 0.487. The molecule has 0 N–H and O–H groups in total. The van der Waals surface area contributed by atoms with Gasteiger partial charge in [0.1, 0.15) is 0 Å². The van der Waals surface area contributed by atoms with Gasteiger partial charge in [-0.3, -0.25) is 0 Å². The zero-order valence-corrected chi connectivity index (χ0v) is 7.30. The SMILES string of the molecule is CO[SiH](CCS)OC. The van der Waals surface area contributed by atoms with Gasteiger partial charge in [0, 0.05) is 14.2 Å². The molecule has 0 fully saturated rings. The molecule has 0 aromatic carbocycles. The molecule has 0 amide bonds. The number of hydrogen-bond acceptors (Lipinski definition) is 3. The lowest BCUT2D eigenvalue weighted by Crippen LogP contribution is -2.18. The maximum atomic E-state index is 5.01. The molecule has 50 valence electrons. The van der Waals surface area contributed by atoms with Gasteiger partial charge in [-0.2, -0.15) is 12.6 Å². The van der Waals surface area contributed by atoms with Gasteiger partial charge in [-0.15, -0.1) is 0 Å². The Morgan fingerprint density at radius 1 is 1.38 bits per heavy atom. The van der Waals surface area contributed by atoms with Gasteiger partial charge in [-0.05, 0) is 11.8 Å². The lowest BCUT2D eigenvalue weighted by atomic mass is 11.0. The molecule has 0 radical (unpaired) electrons. The number of rotatable bonds is 4. The maximum absolute atomic E-state index is 5.01. The minimum Gasteiger partial charge on any atom is -0.400 e. The van der Waals surface area contributed by atoms with E-state index in [2.05, 4.69) is 12.6 Å². The van der Waals surface area contributed by atoms with Crippen LogP contribution in [0.2, 0.25) is 6.04 Å². The monoisotopic (exact) mass is 152 g/mol. The molecule has 0 rings (SSSR count). The number of hydrogen-bond donors (Lipinski definition) is 1. The fourth-order valence-electron chi connectivity index (χ4n) is 0.437. The Balaban J connectivity index is 3.07. The van der Waals surface area contributed by atoms with Crippen LogP contribution in [0.3, 0.4) is 0 Å². The topological polar surface area (TPSA) is 18.5 Å². The molecule has 0 spiro atoms. The van der Waals surface area contributed by atoms with Crippen LogP contribution in [0.25, 0.3) is 0 Å². The van der Waals surface area contributed by atoms with E-state index in [1.165, 1.54) is 0 Å². The Bertz CT molecular complexity index is 49.3. The Labute approximate surface area is 57.4 Å². The van der Waals surface area contributed by atoms with E-state index in [4.69, 9.17) is 8.85 Å². The minimum absolute atomic E-state index is 0.860. The van der Waals surface area contributed by atoms with E-state index in [1.807, 2.05) is 0 Å². The van der Waals surface area contributed by atoms with Gasteiger partial charge >= 0.3 is 9.28 Å². The highest BCUT2D eigenvalue weighted by molar-refractivity contribution is 7.80. The standard InChI is InChI=1S/C4H12O2SSi/c1-5-8(6-2)4-3-7/h7-8H,3-4H2,1-2H3. The normalized spacial score (nSPS) is 10.5. The second-order valence-corrected chi connectivity index (χ2v) is 4.24. The summed E-state index contributed by atoms with van der Waals surface area (Å²) in [4.78, 5) is 0. The predicted molar refractivity (Wildman–Crippen MR) is 39.8 cm³/mol. The predicted octanol–water partition coefficient (Wildman–Crippen LogP) is 0.429. The van der Waals surface area contributed by atoms with E-state index in [0.717, 1.165) is 11.8 Å². The van der Waals surface area contributed by atoms with Crippen LogP contribution >= 0.6 is 12.6 Å². The van der Waals surface area contributed by atoms with Crippen LogP contribution in [-0.2, 0) is 8.85 Å². The van der Waals surface area contributed by atoms with Crippen molar-refractivity contribution < 1.29 is 8.85 Å². The van der Waals surface area contributed by atoms with Gasteiger partial charge < -0.3 is 8.85 Å². The van der Waals surface area contributed by atoms with Crippen LogP contribution in [0.4, 0.5) is 0 Å². The van der Waals surface area contributed by atoms with Crippen molar-refractivity contribution in [1.29, 1.82) is 0 Å². The van der Waals surface area contributed by atoms with Crippen molar-refractivity contribution >= 4 is 21.9 Å². The summed E-state index contributed by atoms with van der Waals surface area (Å²) in [6.45, 7) is 0. The molecule has 8 heavy (non-hydrogen) atoms. The van der Waals surface area contributed by atoms with E-state index < -0.39 is 9.28 Å². The summed E-state index contributed by atoms with van der Waals surface area (Å²) in [5.41, 5.74) is 0. The van der Waals surface area contributed by atoms with Gasteiger partial charge in [-0.1, -0.05) is 0 Å². The molecule has 0 atom stereocenters. The summed E-state index contributed by atoms with van der Waals surface area (Å²) in [6.07, 6.45) is 0. The van der Waals surface area contributed by atoms with Crippen molar-refractivity contribution in [3.8, 4) is 0 Å². The van der Waals surface area contributed by atoms with Crippen LogP contribution in [0, 0.1) is 0 Å². The van der Waals surface area contributed by atoms with Crippen molar-refractivity contribution in [2.24, 2.45) is 0 Å². The highest BCUT2D eigenvalue weighted by Gasteiger charge is 2.05. The first-order valence-electron chi connectivity index (χ1n) is 2.51. The quantitative estimate of drug-likeness (QED) is 0.465. The molecule has 0 bridgehead atoms. The van der Waals surface area contributed by atoms with Gasteiger partial charge in [0.25, 0.3) is 0 Å². The zero-order chi connectivity index (χ0) is 6.41. The highest BCUT2D eigenvalue weighted by Crippen LogP contribution is 1.94. The Kier molecular flexibility index (Phi) is 5.96. The largest absolute Gasteiger partial charge is 0.400 e. The van der Waals surface area contributed by atoms with Crippen LogP contribution in [0.15, 0.2) is 0 Å². The van der Waals surface area contributed by atoms with E-state index in [-0.39, 0.29) is 0 Å². The van der Waals surface area contributed by atoms with Crippen LogP contribution in [0.5, 0.6) is 0 Å². The van der Waals surface area contributed by atoms with Crippen molar-refractivity contribution in [2.75, 3.05) is 20.0 Å². The zero-order valence-electron chi connectivity index (χ0n) is 5.26. The van der Waals surface area contributed by atoms with Crippen LogP contribution < -0.4 is 0 Å². The summed E-state index contributed by atoms with van der Waals surface area (Å²) in [6, 6.07) is 0.982. The third kappa shape index (κ3) is 3.48. The molecule has 0 saturated heterocycles. The Morgan fingerprint density at radius 2 is 1.88 bits per heavy atom. The van der Waals surface area contributed by atoms with E-state index in [1.54, 1.807) is 14.2 Å². The molecule has 0 aliphatic heterocycles. The van der Waals surface area contributed by atoms with E-state index in [0.29, 0.717) is 0 Å². The average Bonchev–Trinajstić information content (AvgIpc) is 1.83. The van der Waals surface area contributed by atoms with Gasteiger partial charge in [-0.25, -0.2) is 0 Å². The first-order valence-corrected chi connectivity index (χ1v) is 4.90. The molecule has 0 saturated carbocycles. The maximum Gasteiger partial charge on any atom is 0.321 e. The molecule has 0 heterocycles. The molecule has 4 heteroatoms. The summed E-state index contributed by atoms with van der Waals surface area (Å²) < 4.78 is 10.0. The fourth-order valence-corrected chi connectivity index (χ4v) is 1.94. The molecular weight excluding hydrogens is 140 g/mol. The van der Waals surface area contributed by atoms with E-state index in [9.17, 15) is 0 Å². The number of thiol groups is 1. The summed E-state index contributed by atoms with van der Waals surface area (Å²) in [5.74, 6) is 0.860. The van der Waals surface area contributed by atoms with Gasteiger partial charge in [0.15, 0.2) is 0 Å². The first-order chi connectivity index (χ1) is 3.85.